The summed E-state index contributed by atoms with van der Waals surface area (Å²) in [6.07, 6.45) is 1.06. The minimum atomic E-state index is -0.259. The highest BCUT2D eigenvalue weighted by molar-refractivity contribution is 9.10. The minimum absolute atomic E-state index is 0.102. The zero-order chi connectivity index (χ0) is 12.3. The van der Waals surface area contributed by atoms with Crippen LogP contribution in [0.15, 0.2) is 28.7 Å². The fraction of sp³-hybridized carbons (Fsp3) is 0.417. The topological polar surface area (TPSA) is 52.6 Å². The van der Waals surface area contributed by atoms with E-state index < -0.39 is 0 Å². The lowest BCUT2D eigenvalue weighted by molar-refractivity contribution is 0.0972. The average Bonchev–Trinajstić information content (AvgIpc) is 2.29. The Morgan fingerprint density at radius 1 is 1.41 bits per heavy atom. The van der Waals surface area contributed by atoms with Gasteiger partial charge in [0.25, 0.3) is 0 Å². The maximum absolute atomic E-state index is 11.9. The van der Waals surface area contributed by atoms with E-state index in [0.29, 0.717) is 25.9 Å². The summed E-state index contributed by atoms with van der Waals surface area (Å²) in [6, 6.07) is 7.39. The number of carbonyl (C=O) groups excluding carboxylic acids is 1. The minimum Gasteiger partial charge on any atom is -0.393 e. The summed E-state index contributed by atoms with van der Waals surface area (Å²) < 4.78 is 0.935. The van der Waals surface area contributed by atoms with Gasteiger partial charge in [-0.3, -0.25) is 0 Å². The van der Waals surface area contributed by atoms with E-state index in [1.54, 1.807) is 4.90 Å². The first-order valence-electron chi connectivity index (χ1n) is 5.65. The summed E-state index contributed by atoms with van der Waals surface area (Å²) >= 11 is 3.36. The maximum Gasteiger partial charge on any atom is 0.321 e. The van der Waals surface area contributed by atoms with Crippen LogP contribution in [0.2, 0.25) is 0 Å². The highest BCUT2D eigenvalue weighted by atomic mass is 79.9. The molecule has 1 heterocycles. The second-order valence-corrected chi connectivity index (χ2v) is 5.07. The van der Waals surface area contributed by atoms with Crippen molar-refractivity contribution < 1.29 is 9.90 Å². The number of aliphatic hydroxyl groups excluding tert-OH is 1. The van der Waals surface area contributed by atoms with Gasteiger partial charge in [0.2, 0.25) is 0 Å². The third-order valence-electron chi connectivity index (χ3n) is 2.83. The van der Waals surface area contributed by atoms with Gasteiger partial charge in [-0.25, -0.2) is 4.79 Å². The third-order valence-corrected chi connectivity index (χ3v) is 3.32. The van der Waals surface area contributed by atoms with Crippen LogP contribution in [0.1, 0.15) is 12.8 Å². The summed E-state index contributed by atoms with van der Waals surface area (Å²) in [6.45, 7) is 1.22. The van der Waals surface area contributed by atoms with Crippen LogP contribution in [-0.4, -0.2) is 35.2 Å². The molecule has 1 aromatic carbocycles. The van der Waals surface area contributed by atoms with Crippen LogP contribution in [0.5, 0.6) is 0 Å². The third kappa shape index (κ3) is 3.44. The van der Waals surface area contributed by atoms with Gasteiger partial charge in [-0.2, -0.15) is 0 Å². The van der Waals surface area contributed by atoms with Crippen LogP contribution in [0, 0.1) is 0 Å². The lowest BCUT2D eigenvalue weighted by Crippen LogP contribution is -2.42. The van der Waals surface area contributed by atoms with Crippen molar-refractivity contribution in [3.05, 3.63) is 28.7 Å². The van der Waals surface area contributed by atoms with Gasteiger partial charge in [0.05, 0.1) is 6.10 Å². The van der Waals surface area contributed by atoms with E-state index >= 15 is 0 Å². The summed E-state index contributed by atoms with van der Waals surface area (Å²) in [5, 5.41) is 12.2. The molecule has 1 aromatic rings. The highest BCUT2D eigenvalue weighted by Gasteiger charge is 2.21. The van der Waals surface area contributed by atoms with Crippen molar-refractivity contribution in [2.24, 2.45) is 0 Å². The lowest BCUT2D eigenvalue weighted by atomic mass is 10.1. The van der Waals surface area contributed by atoms with Gasteiger partial charge in [0, 0.05) is 23.2 Å². The predicted octanol–water partition coefficient (Wildman–Crippen LogP) is 2.44. The molecule has 2 N–H and O–H groups in total. The molecule has 2 rings (SSSR count). The van der Waals surface area contributed by atoms with Gasteiger partial charge < -0.3 is 15.3 Å². The summed E-state index contributed by atoms with van der Waals surface area (Å²) in [7, 11) is 0. The smallest absolute Gasteiger partial charge is 0.321 e. The van der Waals surface area contributed by atoms with E-state index in [9.17, 15) is 9.90 Å². The Kier molecular flexibility index (Phi) is 4.02. The molecule has 0 spiro atoms. The Hall–Kier alpha value is -1.07. The Labute approximate surface area is 109 Å². The molecule has 0 unspecified atom stereocenters. The quantitative estimate of drug-likeness (QED) is 0.837. The molecule has 5 heteroatoms. The molecule has 0 aromatic heterocycles. The van der Waals surface area contributed by atoms with Crippen molar-refractivity contribution in [3.8, 4) is 0 Å². The molecule has 0 radical (unpaired) electrons. The number of amides is 2. The van der Waals surface area contributed by atoms with E-state index in [0.717, 1.165) is 10.2 Å². The van der Waals surface area contributed by atoms with E-state index in [-0.39, 0.29) is 12.1 Å². The molecule has 92 valence electrons. The first-order chi connectivity index (χ1) is 8.15. The van der Waals surface area contributed by atoms with Crippen LogP contribution in [0.4, 0.5) is 10.5 Å². The number of benzene rings is 1. The Bertz CT molecular complexity index is 403. The average molecular weight is 299 g/mol. The number of likely N-dealkylation sites (tertiary alicyclic amines) is 1. The predicted molar refractivity (Wildman–Crippen MR) is 70.0 cm³/mol. The number of hydrogen-bond acceptors (Lipinski definition) is 2. The normalized spacial score (nSPS) is 16.9. The van der Waals surface area contributed by atoms with E-state index in [4.69, 9.17) is 0 Å². The van der Waals surface area contributed by atoms with Gasteiger partial charge >= 0.3 is 6.03 Å². The number of carbonyl (C=O) groups is 1. The number of anilines is 1. The molecule has 1 saturated heterocycles. The first-order valence-corrected chi connectivity index (χ1v) is 6.44. The highest BCUT2D eigenvalue weighted by Crippen LogP contribution is 2.17. The number of urea groups is 1. The molecule has 1 fully saturated rings. The van der Waals surface area contributed by atoms with Crippen molar-refractivity contribution >= 4 is 27.6 Å². The zero-order valence-electron chi connectivity index (χ0n) is 9.40. The van der Waals surface area contributed by atoms with Crippen molar-refractivity contribution in [1.29, 1.82) is 0 Å². The van der Waals surface area contributed by atoms with Crippen molar-refractivity contribution in [2.45, 2.75) is 18.9 Å². The van der Waals surface area contributed by atoms with Gasteiger partial charge in [-0.15, -0.1) is 0 Å². The Morgan fingerprint density at radius 2 is 2.12 bits per heavy atom. The fourth-order valence-corrected chi connectivity index (χ4v) is 2.24. The van der Waals surface area contributed by atoms with E-state index in [1.165, 1.54) is 0 Å². The number of rotatable bonds is 1. The summed E-state index contributed by atoms with van der Waals surface area (Å²) in [5.74, 6) is 0. The van der Waals surface area contributed by atoms with Crippen molar-refractivity contribution in [2.75, 3.05) is 18.4 Å². The van der Waals surface area contributed by atoms with E-state index in [1.807, 2.05) is 24.3 Å². The largest absolute Gasteiger partial charge is 0.393 e. The van der Waals surface area contributed by atoms with Crippen LogP contribution in [0.25, 0.3) is 0 Å². The molecule has 0 aliphatic carbocycles. The Balaban J connectivity index is 1.93. The number of piperidine rings is 1. The maximum atomic E-state index is 11.9. The van der Waals surface area contributed by atoms with Gasteiger partial charge in [0.1, 0.15) is 0 Å². The molecule has 0 saturated carbocycles. The van der Waals surface area contributed by atoms with Gasteiger partial charge in [-0.1, -0.05) is 22.0 Å². The van der Waals surface area contributed by atoms with Crippen LogP contribution in [-0.2, 0) is 0 Å². The van der Waals surface area contributed by atoms with Crippen LogP contribution in [0.3, 0.4) is 0 Å². The number of nitrogens with one attached hydrogen (secondary N) is 1. The molecule has 17 heavy (non-hydrogen) atoms. The molecular weight excluding hydrogens is 284 g/mol. The first kappa shape index (κ1) is 12.4. The number of aliphatic hydroxyl groups is 1. The number of halogens is 1. The number of nitrogens with zero attached hydrogens (tertiary/aromatic N) is 1. The van der Waals surface area contributed by atoms with Crippen molar-refractivity contribution in [3.63, 3.8) is 0 Å². The van der Waals surface area contributed by atoms with Crippen LogP contribution >= 0.6 is 15.9 Å². The summed E-state index contributed by atoms with van der Waals surface area (Å²) in [5.41, 5.74) is 0.774. The standard InChI is InChI=1S/C12H15BrN2O2/c13-9-2-1-3-10(8-9)14-12(17)15-6-4-11(16)5-7-15/h1-3,8,11,16H,4-7H2,(H,14,17). The second kappa shape index (κ2) is 5.51. The molecular formula is C12H15BrN2O2. The number of hydrogen-bond donors (Lipinski definition) is 2. The molecule has 4 nitrogen and oxygen atoms in total. The molecule has 1 aliphatic heterocycles. The van der Waals surface area contributed by atoms with Crippen LogP contribution < -0.4 is 5.32 Å². The van der Waals surface area contributed by atoms with E-state index in [2.05, 4.69) is 21.2 Å². The van der Waals surface area contributed by atoms with Gasteiger partial charge in [-0.05, 0) is 31.0 Å². The van der Waals surface area contributed by atoms with Crippen molar-refractivity contribution in [1.82, 2.24) is 4.90 Å². The molecule has 2 amide bonds. The van der Waals surface area contributed by atoms with Gasteiger partial charge in [0.15, 0.2) is 0 Å². The fourth-order valence-electron chi connectivity index (χ4n) is 1.84. The summed E-state index contributed by atoms with van der Waals surface area (Å²) in [4.78, 5) is 13.6. The second-order valence-electron chi connectivity index (χ2n) is 4.16. The zero-order valence-corrected chi connectivity index (χ0v) is 11.0. The molecule has 1 aliphatic rings. The Morgan fingerprint density at radius 3 is 2.76 bits per heavy atom. The lowest BCUT2D eigenvalue weighted by Gasteiger charge is -2.29. The molecule has 0 bridgehead atoms. The molecule has 0 atom stereocenters. The SMILES string of the molecule is O=C(Nc1cccc(Br)c1)N1CCC(O)CC1. The monoisotopic (exact) mass is 298 g/mol.